The number of methoxy groups -OCH3 is 1. The summed E-state index contributed by atoms with van der Waals surface area (Å²) in [5.74, 6) is -3.16. The molecule has 0 amide bonds. The van der Waals surface area contributed by atoms with Crippen LogP contribution in [0.1, 0.15) is 0 Å². The van der Waals surface area contributed by atoms with Crippen LogP contribution in [0.5, 0.6) is 0 Å². The molecule has 0 saturated carbocycles. The minimum atomic E-state index is -2.86. The molecular weight excluding hydrogens is 202 g/mol. The van der Waals surface area contributed by atoms with E-state index in [2.05, 4.69) is 4.74 Å². The van der Waals surface area contributed by atoms with Crippen molar-refractivity contribution in [2.45, 2.75) is 5.54 Å². The van der Waals surface area contributed by atoms with Crippen molar-refractivity contribution in [3.8, 4) is 0 Å². The van der Waals surface area contributed by atoms with Gasteiger partial charge in [-0.15, -0.1) is 0 Å². The molecule has 8 heteroatoms. The lowest BCUT2D eigenvalue weighted by atomic mass is 10.1. The molecule has 0 aliphatic carbocycles. The quantitative estimate of drug-likeness (QED) is 0.302. The van der Waals surface area contributed by atoms with Crippen molar-refractivity contribution in [1.29, 1.82) is 0 Å². The van der Waals surface area contributed by atoms with Crippen molar-refractivity contribution >= 4 is 27.6 Å². The highest BCUT2D eigenvalue weighted by Gasteiger charge is 2.42. The Morgan fingerprint density at radius 1 is 1.54 bits per heavy atom. The average Bonchev–Trinajstić information content (AvgIpc) is 2.01. The number of hydrogen-bond acceptors (Lipinski definition) is 6. The second-order valence-electron chi connectivity index (χ2n) is 2.04. The molecule has 7 nitrogen and oxygen atoms in total. The first-order valence-electron chi connectivity index (χ1n) is 2.89. The first kappa shape index (κ1) is 11.6. The van der Waals surface area contributed by atoms with Crippen LogP contribution in [0.4, 0.5) is 0 Å². The van der Waals surface area contributed by atoms with Crippen LogP contribution in [-0.2, 0) is 24.6 Å². The van der Waals surface area contributed by atoms with Crippen LogP contribution in [0.2, 0.25) is 0 Å². The Hall–Kier alpha value is -1.41. The van der Waals surface area contributed by atoms with Gasteiger partial charge in [0.1, 0.15) is 0 Å². The Labute approximate surface area is 74.6 Å². The van der Waals surface area contributed by atoms with Crippen molar-refractivity contribution in [1.82, 2.24) is 0 Å². The summed E-state index contributed by atoms with van der Waals surface area (Å²) in [7, 11) is -1.96. The summed E-state index contributed by atoms with van der Waals surface area (Å²) in [6, 6.07) is 0. The predicted molar refractivity (Wildman–Crippen MR) is 41.6 cm³/mol. The van der Waals surface area contributed by atoms with Gasteiger partial charge in [0, 0.05) is 0 Å². The lowest BCUT2D eigenvalue weighted by molar-refractivity contribution is -0.154. The van der Waals surface area contributed by atoms with Crippen molar-refractivity contribution in [3.05, 3.63) is 0 Å². The lowest BCUT2D eigenvalue weighted by Crippen LogP contribution is -2.57. The molecule has 13 heavy (non-hydrogen) atoms. The maximum Gasteiger partial charge on any atom is 0.342 e. The van der Waals surface area contributed by atoms with E-state index < -0.39 is 27.8 Å². The first-order chi connectivity index (χ1) is 5.84. The highest BCUT2D eigenvalue weighted by atomic mass is 32.2. The van der Waals surface area contributed by atoms with Crippen LogP contribution >= 0.6 is 0 Å². The molecule has 0 rings (SSSR count). The van der Waals surface area contributed by atoms with Crippen LogP contribution in [0.15, 0.2) is 0 Å². The third kappa shape index (κ3) is 2.53. The molecule has 0 aromatic heterocycles. The Morgan fingerprint density at radius 2 is 2.00 bits per heavy atom. The zero-order valence-electron chi connectivity index (χ0n) is 6.55. The number of hydrogen-bond donors (Lipinski definition) is 2. The monoisotopic (exact) mass is 209 g/mol. The van der Waals surface area contributed by atoms with E-state index in [1.807, 2.05) is 0 Å². The van der Waals surface area contributed by atoms with Gasteiger partial charge in [0.25, 0.3) is 0 Å². The number of aliphatic carboxylic acids is 1. The summed E-state index contributed by atoms with van der Waals surface area (Å²) in [6.07, 6.45) is 0. The summed E-state index contributed by atoms with van der Waals surface area (Å²) in [6.45, 7) is 0. The Morgan fingerprint density at radius 3 is 2.23 bits per heavy atom. The molecule has 0 fully saturated rings. The van der Waals surface area contributed by atoms with Gasteiger partial charge in [0.15, 0.2) is 0 Å². The van der Waals surface area contributed by atoms with Gasteiger partial charge in [0.05, 0.1) is 12.5 Å². The smallest absolute Gasteiger partial charge is 0.342 e. The van der Waals surface area contributed by atoms with E-state index in [9.17, 15) is 18.0 Å². The summed E-state index contributed by atoms with van der Waals surface area (Å²) >= 11 is 0. The molecule has 0 saturated heterocycles. The second kappa shape index (κ2) is 4.01. The normalized spacial score (nSPS) is 14.0. The fourth-order valence-electron chi connectivity index (χ4n) is 0.506. The van der Waals surface area contributed by atoms with Crippen molar-refractivity contribution < 1.29 is 27.9 Å². The molecule has 0 aromatic carbocycles. The van der Waals surface area contributed by atoms with E-state index in [0.717, 1.165) is 7.11 Å². The number of carbonyl (C=O) groups excluding carboxylic acids is 1. The van der Waals surface area contributed by atoms with E-state index in [1.54, 1.807) is 0 Å². The van der Waals surface area contributed by atoms with E-state index in [-0.39, 0.29) is 5.37 Å². The van der Waals surface area contributed by atoms with E-state index in [4.69, 9.17) is 10.8 Å². The average molecular weight is 209 g/mol. The number of carboxylic acid groups (broad SMARTS) is 1. The standard InChI is InChI=1S/C5H7NO6S/c1-12-4(9)5(6,3(7)8)2-13(10)11/h2H,6H2,1H3,(H,7,8). The van der Waals surface area contributed by atoms with E-state index in [0.29, 0.717) is 0 Å². The van der Waals surface area contributed by atoms with Crippen LogP contribution < -0.4 is 5.73 Å². The van der Waals surface area contributed by atoms with E-state index in [1.165, 1.54) is 0 Å². The number of carbonyl (C=O) groups is 2. The predicted octanol–water partition coefficient (Wildman–Crippen LogP) is -2.38. The van der Waals surface area contributed by atoms with Gasteiger partial charge in [-0.25, -0.2) is 9.59 Å². The molecule has 0 bridgehead atoms. The molecular formula is C5H7NO6S. The number of carboxylic acids is 1. The SMILES string of the molecule is COC(=O)C(N)(C=S(=O)=O)C(=O)O. The second-order valence-corrected chi connectivity index (χ2v) is 2.80. The summed E-state index contributed by atoms with van der Waals surface area (Å²) in [5.41, 5.74) is 2.32. The number of nitrogens with two attached hydrogens (primary N) is 1. The Balaban J connectivity index is 5.32. The van der Waals surface area contributed by atoms with E-state index >= 15 is 0 Å². The van der Waals surface area contributed by atoms with Crippen LogP contribution in [-0.4, -0.2) is 43.5 Å². The maximum absolute atomic E-state index is 10.8. The molecule has 1 atom stereocenters. The fourth-order valence-corrected chi connectivity index (χ4v) is 1.01. The molecule has 0 heterocycles. The topological polar surface area (TPSA) is 124 Å². The molecule has 0 aromatic rings. The van der Waals surface area contributed by atoms with Crippen molar-refractivity contribution in [2.75, 3.05) is 7.11 Å². The molecule has 74 valence electrons. The van der Waals surface area contributed by atoms with Gasteiger partial charge in [-0.2, -0.15) is 8.42 Å². The van der Waals surface area contributed by atoms with Gasteiger partial charge in [-0.1, -0.05) is 0 Å². The fraction of sp³-hybridized carbons (Fsp3) is 0.400. The van der Waals surface area contributed by atoms with Crippen LogP contribution in [0, 0.1) is 0 Å². The molecule has 3 N–H and O–H groups in total. The van der Waals surface area contributed by atoms with Gasteiger partial charge in [-0.05, 0) is 0 Å². The minimum Gasteiger partial charge on any atom is -0.479 e. The van der Waals surface area contributed by atoms with Crippen molar-refractivity contribution in [2.24, 2.45) is 5.73 Å². The van der Waals surface area contributed by atoms with Gasteiger partial charge in [0.2, 0.25) is 15.8 Å². The largest absolute Gasteiger partial charge is 0.479 e. The molecule has 1 unspecified atom stereocenters. The zero-order valence-corrected chi connectivity index (χ0v) is 7.37. The molecule has 0 spiro atoms. The minimum absolute atomic E-state index is 0.154. The Bertz CT molecular complexity index is 349. The van der Waals surface area contributed by atoms with Crippen LogP contribution in [0.3, 0.4) is 0 Å². The lowest BCUT2D eigenvalue weighted by Gasteiger charge is -2.14. The highest BCUT2D eigenvalue weighted by molar-refractivity contribution is 7.71. The Kier molecular flexibility index (Phi) is 3.57. The highest BCUT2D eigenvalue weighted by Crippen LogP contribution is 1.99. The zero-order chi connectivity index (χ0) is 10.6. The number of esters is 1. The van der Waals surface area contributed by atoms with Gasteiger partial charge in [-0.3, -0.25) is 0 Å². The molecule has 0 aliphatic heterocycles. The maximum atomic E-state index is 10.8. The summed E-state index contributed by atoms with van der Waals surface area (Å²) in [4.78, 5) is 21.2. The summed E-state index contributed by atoms with van der Waals surface area (Å²) < 4.78 is 24.3. The van der Waals surface area contributed by atoms with Gasteiger partial charge < -0.3 is 15.6 Å². The molecule has 0 aliphatic rings. The number of ether oxygens (including phenoxy) is 1. The van der Waals surface area contributed by atoms with Crippen molar-refractivity contribution in [3.63, 3.8) is 0 Å². The van der Waals surface area contributed by atoms with Crippen LogP contribution in [0.25, 0.3) is 0 Å². The molecule has 0 radical (unpaired) electrons. The van der Waals surface area contributed by atoms with Gasteiger partial charge >= 0.3 is 11.9 Å². The first-order valence-corrected chi connectivity index (χ1v) is 4.03. The third-order valence-electron chi connectivity index (χ3n) is 1.16. The number of rotatable bonds is 3. The third-order valence-corrected chi connectivity index (χ3v) is 1.72. The summed E-state index contributed by atoms with van der Waals surface area (Å²) in [5, 5.41) is 8.61.